The largest absolute Gasteiger partial charge is 0.449 e. The SMILES string of the molecule is CC(OC(=O)c1c(F)cccc1Cl)C(=O)Nc1nc(-c2ccccc2)cs1. The molecule has 2 aromatic carbocycles. The summed E-state index contributed by atoms with van der Waals surface area (Å²) in [6.45, 7) is 1.38. The summed E-state index contributed by atoms with van der Waals surface area (Å²) in [5.41, 5.74) is 1.24. The average Bonchev–Trinajstić information content (AvgIpc) is 3.10. The van der Waals surface area contributed by atoms with Crippen LogP contribution in [-0.2, 0) is 9.53 Å². The van der Waals surface area contributed by atoms with Crippen LogP contribution in [0.1, 0.15) is 17.3 Å². The summed E-state index contributed by atoms with van der Waals surface area (Å²) in [4.78, 5) is 28.7. The van der Waals surface area contributed by atoms with Gasteiger partial charge < -0.3 is 4.74 Å². The minimum Gasteiger partial charge on any atom is -0.449 e. The van der Waals surface area contributed by atoms with Crippen LogP contribution < -0.4 is 5.32 Å². The minimum atomic E-state index is -1.16. The third kappa shape index (κ3) is 4.50. The summed E-state index contributed by atoms with van der Waals surface area (Å²) >= 11 is 7.07. The summed E-state index contributed by atoms with van der Waals surface area (Å²) < 4.78 is 18.8. The van der Waals surface area contributed by atoms with Crippen molar-refractivity contribution in [1.29, 1.82) is 0 Å². The standard InChI is InChI=1S/C19H14ClFN2O3S/c1-11(26-18(25)16-13(20)8-5-9-14(16)21)17(24)23-19-22-15(10-27-19)12-6-3-2-4-7-12/h2-11H,1H3,(H,22,23,24). The lowest BCUT2D eigenvalue weighted by molar-refractivity contribution is -0.123. The monoisotopic (exact) mass is 404 g/mol. The number of hydrogen-bond acceptors (Lipinski definition) is 5. The Morgan fingerprint density at radius 2 is 1.93 bits per heavy atom. The van der Waals surface area contributed by atoms with Crippen molar-refractivity contribution >= 4 is 39.9 Å². The van der Waals surface area contributed by atoms with Gasteiger partial charge in [0.15, 0.2) is 11.2 Å². The van der Waals surface area contributed by atoms with Crippen LogP contribution in [0, 0.1) is 5.82 Å². The van der Waals surface area contributed by atoms with Gasteiger partial charge in [-0.1, -0.05) is 48.0 Å². The molecule has 0 bridgehead atoms. The lowest BCUT2D eigenvalue weighted by atomic mass is 10.2. The van der Waals surface area contributed by atoms with Crippen LogP contribution in [0.25, 0.3) is 11.3 Å². The molecule has 1 unspecified atom stereocenters. The second kappa shape index (κ2) is 8.28. The predicted molar refractivity (Wildman–Crippen MR) is 102 cm³/mol. The van der Waals surface area contributed by atoms with E-state index in [0.717, 1.165) is 17.3 Å². The van der Waals surface area contributed by atoms with E-state index in [9.17, 15) is 14.0 Å². The molecule has 138 valence electrons. The average molecular weight is 405 g/mol. The van der Waals surface area contributed by atoms with Gasteiger partial charge in [-0.05, 0) is 19.1 Å². The van der Waals surface area contributed by atoms with Crippen molar-refractivity contribution in [1.82, 2.24) is 4.98 Å². The van der Waals surface area contributed by atoms with Gasteiger partial charge in [-0.15, -0.1) is 11.3 Å². The molecule has 0 saturated carbocycles. The first kappa shape index (κ1) is 19.0. The molecule has 0 aliphatic rings. The zero-order valence-corrected chi connectivity index (χ0v) is 15.7. The molecular weight excluding hydrogens is 391 g/mol. The number of anilines is 1. The number of esters is 1. The quantitative estimate of drug-likeness (QED) is 0.621. The van der Waals surface area contributed by atoms with Crippen molar-refractivity contribution in [3.63, 3.8) is 0 Å². The Balaban J connectivity index is 1.64. The molecule has 0 saturated heterocycles. The van der Waals surface area contributed by atoms with Crippen LogP contribution in [0.2, 0.25) is 5.02 Å². The van der Waals surface area contributed by atoms with Crippen molar-refractivity contribution in [3.8, 4) is 11.3 Å². The van der Waals surface area contributed by atoms with Crippen LogP contribution in [0.3, 0.4) is 0 Å². The van der Waals surface area contributed by atoms with Gasteiger partial charge in [0.1, 0.15) is 11.4 Å². The predicted octanol–water partition coefficient (Wildman–Crippen LogP) is 4.79. The molecule has 0 radical (unpaired) electrons. The Kier molecular flexibility index (Phi) is 5.83. The maximum Gasteiger partial charge on any atom is 0.343 e. The number of aromatic nitrogens is 1. The molecule has 27 heavy (non-hydrogen) atoms. The van der Waals surface area contributed by atoms with Crippen molar-refractivity contribution in [3.05, 3.63) is 70.3 Å². The normalized spacial score (nSPS) is 11.7. The van der Waals surface area contributed by atoms with Gasteiger partial charge in [-0.3, -0.25) is 10.1 Å². The Labute approximate surface area is 163 Å². The number of hydrogen-bond donors (Lipinski definition) is 1. The lowest BCUT2D eigenvalue weighted by Gasteiger charge is -2.13. The second-order valence-corrected chi connectivity index (χ2v) is 6.80. The fourth-order valence-corrected chi connectivity index (χ4v) is 3.21. The molecule has 1 heterocycles. The highest BCUT2D eigenvalue weighted by Gasteiger charge is 2.23. The highest BCUT2D eigenvalue weighted by Crippen LogP contribution is 2.25. The van der Waals surface area contributed by atoms with E-state index in [0.29, 0.717) is 5.13 Å². The summed E-state index contributed by atoms with van der Waals surface area (Å²) in [7, 11) is 0. The minimum absolute atomic E-state index is 0.0833. The van der Waals surface area contributed by atoms with Crippen LogP contribution in [0.4, 0.5) is 9.52 Å². The number of halogens is 2. The van der Waals surface area contributed by atoms with Crippen molar-refractivity contribution < 1.29 is 18.7 Å². The number of benzene rings is 2. The van der Waals surface area contributed by atoms with Crippen LogP contribution in [0.15, 0.2) is 53.9 Å². The molecule has 0 fully saturated rings. The Hall–Kier alpha value is -2.77. The summed E-state index contributed by atoms with van der Waals surface area (Å²) in [6.07, 6.45) is -1.16. The fourth-order valence-electron chi connectivity index (χ4n) is 2.25. The number of thiazole rings is 1. The van der Waals surface area contributed by atoms with E-state index < -0.39 is 29.4 Å². The smallest absolute Gasteiger partial charge is 0.343 e. The zero-order chi connectivity index (χ0) is 19.4. The number of rotatable bonds is 5. The van der Waals surface area contributed by atoms with Gasteiger partial charge in [-0.25, -0.2) is 14.2 Å². The van der Waals surface area contributed by atoms with Gasteiger partial charge >= 0.3 is 5.97 Å². The first-order chi connectivity index (χ1) is 13.0. The van der Waals surface area contributed by atoms with Gasteiger partial charge in [-0.2, -0.15) is 0 Å². The number of carbonyl (C=O) groups excluding carboxylic acids is 2. The van der Waals surface area contributed by atoms with E-state index in [-0.39, 0.29) is 5.02 Å². The Bertz CT molecular complexity index is 958. The van der Waals surface area contributed by atoms with Crippen LogP contribution >= 0.6 is 22.9 Å². The molecule has 5 nitrogen and oxygen atoms in total. The Morgan fingerprint density at radius 1 is 1.19 bits per heavy atom. The highest BCUT2D eigenvalue weighted by molar-refractivity contribution is 7.14. The molecule has 0 spiro atoms. The molecule has 1 atom stereocenters. The highest BCUT2D eigenvalue weighted by atomic mass is 35.5. The first-order valence-corrected chi connectivity index (χ1v) is 9.18. The molecule has 3 rings (SSSR count). The van der Waals surface area contributed by atoms with Gasteiger partial charge in [0.25, 0.3) is 5.91 Å². The third-order valence-corrected chi connectivity index (χ3v) is 4.70. The summed E-state index contributed by atoms with van der Waals surface area (Å²) in [5, 5.41) is 4.67. The number of nitrogens with zero attached hydrogens (tertiary/aromatic N) is 1. The number of carbonyl (C=O) groups is 2. The number of nitrogens with one attached hydrogen (secondary N) is 1. The molecule has 1 aromatic heterocycles. The molecule has 3 aromatic rings. The van der Waals surface area contributed by atoms with E-state index in [2.05, 4.69) is 10.3 Å². The maximum atomic E-state index is 13.8. The molecular formula is C19H14ClFN2O3S. The lowest BCUT2D eigenvalue weighted by Crippen LogP contribution is -2.30. The second-order valence-electron chi connectivity index (χ2n) is 5.54. The number of amides is 1. The molecule has 1 N–H and O–H groups in total. The van der Waals surface area contributed by atoms with Gasteiger partial charge in [0, 0.05) is 10.9 Å². The van der Waals surface area contributed by atoms with E-state index >= 15 is 0 Å². The van der Waals surface area contributed by atoms with E-state index in [1.807, 2.05) is 30.3 Å². The summed E-state index contributed by atoms with van der Waals surface area (Å²) in [5.74, 6) is -2.40. The van der Waals surface area contributed by atoms with Crippen molar-refractivity contribution in [2.24, 2.45) is 0 Å². The first-order valence-electron chi connectivity index (χ1n) is 7.92. The van der Waals surface area contributed by atoms with E-state index in [1.165, 1.54) is 30.4 Å². The van der Waals surface area contributed by atoms with Gasteiger partial charge in [0.2, 0.25) is 0 Å². The van der Waals surface area contributed by atoms with Gasteiger partial charge in [0.05, 0.1) is 10.7 Å². The molecule has 0 aliphatic carbocycles. The zero-order valence-electron chi connectivity index (χ0n) is 14.1. The van der Waals surface area contributed by atoms with Crippen molar-refractivity contribution in [2.45, 2.75) is 13.0 Å². The molecule has 8 heteroatoms. The summed E-state index contributed by atoms with van der Waals surface area (Å²) in [6, 6.07) is 13.3. The van der Waals surface area contributed by atoms with Crippen LogP contribution in [0.5, 0.6) is 0 Å². The molecule has 0 aliphatic heterocycles. The van der Waals surface area contributed by atoms with E-state index in [4.69, 9.17) is 16.3 Å². The maximum absolute atomic E-state index is 13.8. The molecule has 1 amide bonds. The Morgan fingerprint density at radius 3 is 2.63 bits per heavy atom. The van der Waals surface area contributed by atoms with Crippen LogP contribution in [-0.4, -0.2) is 23.0 Å². The third-order valence-electron chi connectivity index (χ3n) is 3.62. The topological polar surface area (TPSA) is 68.3 Å². The van der Waals surface area contributed by atoms with E-state index in [1.54, 1.807) is 5.38 Å². The van der Waals surface area contributed by atoms with Crippen molar-refractivity contribution in [2.75, 3.05) is 5.32 Å². The fraction of sp³-hybridized carbons (Fsp3) is 0.105. The number of ether oxygens (including phenoxy) is 1.